The number of benzene rings is 2. The predicted octanol–water partition coefficient (Wildman–Crippen LogP) is 4.80. The van der Waals surface area contributed by atoms with Gasteiger partial charge in [0.05, 0.1) is 0 Å². The average Bonchev–Trinajstić information content (AvgIpc) is 3.21. The molecule has 5 nitrogen and oxygen atoms in total. The second-order valence-electron chi connectivity index (χ2n) is 7.56. The quantitative estimate of drug-likeness (QED) is 0.651. The summed E-state index contributed by atoms with van der Waals surface area (Å²) in [7, 11) is 0. The number of carbonyl (C=O) groups excluding carboxylic acids is 1. The third-order valence-electron chi connectivity index (χ3n) is 5.24. The summed E-state index contributed by atoms with van der Waals surface area (Å²) < 4.78 is 38.6. The van der Waals surface area contributed by atoms with Crippen molar-refractivity contribution < 1.29 is 18.0 Å². The molecular weight excluding hydrogens is 405 g/mol. The van der Waals surface area contributed by atoms with Crippen molar-refractivity contribution in [3.8, 4) is 11.1 Å². The molecule has 0 radical (unpaired) electrons. The van der Waals surface area contributed by atoms with E-state index in [2.05, 4.69) is 15.3 Å². The molecule has 1 N–H and O–H groups in total. The number of nitrogens with one attached hydrogen (secondary N) is 1. The van der Waals surface area contributed by atoms with Crippen molar-refractivity contribution in [1.82, 2.24) is 14.9 Å². The summed E-state index contributed by atoms with van der Waals surface area (Å²) in [5, 5.41) is 2.93. The third-order valence-corrected chi connectivity index (χ3v) is 5.24. The van der Waals surface area contributed by atoms with E-state index in [9.17, 15) is 18.0 Å². The van der Waals surface area contributed by atoms with Crippen LogP contribution in [0.2, 0.25) is 0 Å². The van der Waals surface area contributed by atoms with Gasteiger partial charge in [-0.25, -0.2) is 9.97 Å². The number of aryl methyl sites for hydroxylation is 1. The largest absolute Gasteiger partial charge is 0.433 e. The SMILES string of the molecule is Cc1cccc(-c2ccccc2C(=O)N2CC[C@@H](Nc3nccc(C(F)(F)F)n3)C2)c1. The third kappa shape index (κ3) is 4.68. The predicted molar refractivity (Wildman–Crippen MR) is 112 cm³/mol. The van der Waals surface area contributed by atoms with Crippen LogP contribution in [-0.4, -0.2) is 39.9 Å². The van der Waals surface area contributed by atoms with E-state index in [0.29, 0.717) is 25.1 Å². The van der Waals surface area contributed by atoms with Crippen LogP contribution in [0.25, 0.3) is 11.1 Å². The number of hydrogen-bond acceptors (Lipinski definition) is 4. The Hall–Kier alpha value is -3.42. The fraction of sp³-hybridized carbons (Fsp3) is 0.261. The highest BCUT2D eigenvalue weighted by atomic mass is 19.4. The second kappa shape index (κ2) is 8.37. The van der Waals surface area contributed by atoms with Gasteiger partial charge in [0, 0.05) is 30.9 Å². The highest BCUT2D eigenvalue weighted by Gasteiger charge is 2.33. The summed E-state index contributed by atoms with van der Waals surface area (Å²) in [5.41, 5.74) is 2.53. The van der Waals surface area contributed by atoms with E-state index in [1.165, 1.54) is 0 Å². The molecule has 3 aromatic rings. The lowest BCUT2D eigenvalue weighted by Gasteiger charge is -2.19. The van der Waals surface area contributed by atoms with Gasteiger partial charge in [-0.1, -0.05) is 48.0 Å². The molecule has 31 heavy (non-hydrogen) atoms. The van der Waals surface area contributed by atoms with Gasteiger partial charge in [0.25, 0.3) is 5.91 Å². The summed E-state index contributed by atoms with van der Waals surface area (Å²) in [5.74, 6) is -0.194. The van der Waals surface area contributed by atoms with Crippen LogP contribution in [-0.2, 0) is 6.18 Å². The van der Waals surface area contributed by atoms with Crippen LogP contribution < -0.4 is 5.32 Å². The number of amides is 1. The van der Waals surface area contributed by atoms with Gasteiger partial charge in [0.2, 0.25) is 5.95 Å². The van der Waals surface area contributed by atoms with Crippen LogP contribution >= 0.6 is 0 Å². The molecule has 1 fully saturated rings. The number of carbonyl (C=O) groups is 1. The van der Waals surface area contributed by atoms with Gasteiger partial charge in [-0.15, -0.1) is 0 Å². The molecule has 0 unspecified atom stereocenters. The Morgan fingerprint density at radius 1 is 1.13 bits per heavy atom. The summed E-state index contributed by atoms with van der Waals surface area (Å²) in [6, 6.07) is 16.0. The highest BCUT2D eigenvalue weighted by Crippen LogP contribution is 2.29. The number of halogens is 3. The van der Waals surface area contributed by atoms with Crippen LogP contribution in [0.4, 0.5) is 19.1 Å². The monoisotopic (exact) mass is 426 g/mol. The van der Waals surface area contributed by atoms with E-state index in [-0.39, 0.29) is 17.9 Å². The molecule has 1 aliphatic rings. The minimum atomic E-state index is -4.53. The van der Waals surface area contributed by atoms with Crippen molar-refractivity contribution >= 4 is 11.9 Å². The van der Waals surface area contributed by atoms with Gasteiger partial charge < -0.3 is 10.2 Å². The lowest BCUT2D eigenvalue weighted by molar-refractivity contribution is -0.141. The zero-order chi connectivity index (χ0) is 22.0. The number of anilines is 1. The minimum Gasteiger partial charge on any atom is -0.350 e. The molecule has 0 bridgehead atoms. The topological polar surface area (TPSA) is 58.1 Å². The van der Waals surface area contributed by atoms with Crippen LogP contribution in [0.1, 0.15) is 28.0 Å². The maximum Gasteiger partial charge on any atom is 0.433 e. The van der Waals surface area contributed by atoms with Gasteiger partial charge in [0.15, 0.2) is 0 Å². The minimum absolute atomic E-state index is 0.0886. The standard InChI is InChI=1S/C23H21F3N4O/c1-15-5-4-6-16(13-15)18-7-2-3-8-19(18)21(31)30-12-10-17(14-30)28-22-27-11-9-20(29-22)23(24,25)26/h2-9,11,13,17H,10,12,14H2,1H3,(H,27,28,29)/t17-/m1/s1. The summed E-state index contributed by atoms with van der Waals surface area (Å²) in [6.07, 6.45) is -2.86. The molecule has 1 aromatic heterocycles. The first-order valence-electron chi connectivity index (χ1n) is 9.93. The number of likely N-dealkylation sites (tertiary alicyclic amines) is 1. The van der Waals surface area contributed by atoms with Gasteiger partial charge in [0.1, 0.15) is 5.69 Å². The Balaban J connectivity index is 1.49. The van der Waals surface area contributed by atoms with Crippen molar-refractivity contribution in [1.29, 1.82) is 0 Å². The number of hydrogen-bond donors (Lipinski definition) is 1. The van der Waals surface area contributed by atoms with E-state index in [4.69, 9.17) is 0 Å². The molecule has 4 rings (SSSR count). The maximum atomic E-state index is 13.2. The van der Waals surface area contributed by atoms with E-state index in [0.717, 1.165) is 29.0 Å². The molecule has 0 spiro atoms. The number of nitrogens with zero attached hydrogens (tertiary/aromatic N) is 3. The second-order valence-corrected chi connectivity index (χ2v) is 7.56. The van der Waals surface area contributed by atoms with E-state index in [1.807, 2.05) is 49.4 Å². The first-order valence-corrected chi connectivity index (χ1v) is 9.93. The van der Waals surface area contributed by atoms with Crippen molar-refractivity contribution in [2.24, 2.45) is 0 Å². The molecule has 160 valence electrons. The smallest absolute Gasteiger partial charge is 0.350 e. The molecular formula is C23H21F3N4O. The molecule has 1 amide bonds. The zero-order valence-corrected chi connectivity index (χ0v) is 16.9. The Kier molecular flexibility index (Phi) is 5.63. The lowest BCUT2D eigenvalue weighted by Crippen LogP contribution is -2.32. The van der Waals surface area contributed by atoms with Crippen LogP contribution in [0.5, 0.6) is 0 Å². The van der Waals surface area contributed by atoms with Gasteiger partial charge >= 0.3 is 6.18 Å². The Labute approximate surface area is 178 Å². The first kappa shape index (κ1) is 20.8. The average molecular weight is 426 g/mol. The van der Waals surface area contributed by atoms with Gasteiger partial charge in [-0.3, -0.25) is 4.79 Å². The molecule has 2 heterocycles. The van der Waals surface area contributed by atoms with E-state index < -0.39 is 11.9 Å². The molecule has 1 aliphatic heterocycles. The summed E-state index contributed by atoms with van der Waals surface area (Å²) in [4.78, 5) is 22.4. The van der Waals surface area contributed by atoms with E-state index in [1.54, 1.807) is 11.0 Å². The van der Waals surface area contributed by atoms with Gasteiger partial charge in [-0.2, -0.15) is 13.2 Å². The lowest BCUT2D eigenvalue weighted by atomic mass is 9.97. The molecule has 0 saturated carbocycles. The summed E-state index contributed by atoms with van der Waals surface area (Å²) in [6.45, 7) is 2.86. The van der Waals surface area contributed by atoms with Crippen LogP contribution in [0.3, 0.4) is 0 Å². The van der Waals surface area contributed by atoms with Crippen molar-refractivity contribution in [3.05, 3.63) is 77.6 Å². The maximum absolute atomic E-state index is 13.2. The first-order chi connectivity index (χ1) is 14.8. The molecule has 0 aliphatic carbocycles. The van der Waals surface area contributed by atoms with Crippen LogP contribution in [0.15, 0.2) is 60.8 Å². The highest BCUT2D eigenvalue weighted by molar-refractivity contribution is 6.01. The molecule has 2 aromatic carbocycles. The number of alkyl halides is 3. The number of aromatic nitrogens is 2. The zero-order valence-electron chi connectivity index (χ0n) is 16.9. The molecule has 1 saturated heterocycles. The van der Waals surface area contributed by atoms with Crippen LogP contribution in [0, 0.1) is 6.92 Å². The Morgan fingerprint density at radius 2 is 1.94 bits per heavy atom. The molecule has 1 atom stereocenters. The van der Waals surface area contributed by atoms with E-state index >= 15 is 0 Å². The Bertz CT molecular complexity index is 1100. The van der Waals surface area contributed by atoms with Crippen molar-refractivity contribution in [3.63, 3.8) is 0 Å². The van der Waals surface area contributed by atoms with Crippen molar-refractivity contribution in [2.75, 3.05) is 18.4 Å². The normalized spacial score (nSPS) is 16.4. The fourth-order valence-electron chi connectivity index (χ4n) is 3.74. The Morgan fingerprint density at radius 3 is 2.71 bits per heavy atom. The summed E-state index contributed by atoms with van der Waals surface area (Å²) >= 11 is 0. The van der Waals surface area contributed by atoms with Gasteiger partial charge in [-0.05, 0) is 36.6 Å². The number of rotatable bonds is 4. The van der Waals surface area contributed by atoms with Crippen molar-refractivity contribution in [2.45, 2.75) is 25.6 Å². The molecule has 8 heteroatoms. The fourth-order valence-corrected chi connectivity index (χ4v) is 3.74.